The van der Waals surface area contributed by atoms with E-state index in [4.69, 9.17) is 11.6 Å². The van der Waals surface area contributed by atoms with Crippen molar-refractivity contribution in [3.05, 3.63) is 70.2 Å². The van der Waals surface area contributed by atoms with Gasteiger partial charge in [0, 0.05) is 29.6 Å². The second kappa shape index (κ2) is 10.5. The lowest BCUT2D eigenvalue weighted by Gasteiger charge is -2.41. The number of benzene rings is 2. The van der Waals surface area contributed by atoms with Gasteiger partial charge in [-0.25, -0.2) is 4.79 Å². The number of amides is 2. The molecule has 154 valence electrons. The van der Waals surface area contributed by atoms with E-state index in [9.17, 15) is 10.1 Å². The summed E-state index contributed by atoms with van der Waals surface area (Å²) in [6.45, 7) is 4.98. The first-order valence-corrected chi connectivity index (χ1v) is 10.2. The van der Waals surface area contributed by atoms with Gasteiger partial charge in [-0.2, -0.15) is 5.26 Å². The van der Waals surface area contributed by atoms with E-state index in [1.54, 1.807) is 6.07 Å². The van der Waals surface area contributed by atoms with Gasteiger partial charge in [0.2, 0.25) is 0 Å². The first-order chi connectivity index (χ1) is 13.5. The number of carbonyl (C=O) groups is 1. The molecular formula is C23H27Cl2N3O. The lowest BCUT2D eigenvalue weighted by Crippen LogP contribution is -2.56. The number of nitrogens with one attached hydrogen (secondary N) is 1. The molecule has 1 aliphatic rings. The van der Waals surface area contributed by atoms with Gasteiger partial charge in [0.15, 0.2) is 0 Å². The van der Waals surface area contributed by atoms with Crippen LogP contribution in [-0.2, 0) is 6.42 Å². The van der Waals surface area contributed by atoms with Crippen molar-refractivity contribution in [3.63, 3.8) is 0 Å². The molecule has 3 rings (SSSR count). The Morgan fingerprint density at radius 3 is 2.62 bits per heavy atom. The Kier molecular flexibility index (Phi) is 8.37. The number of hydrogen-bond acceptors (Lipinski definition) is 2. The average Bonchev–Trinajstić information content (AvgIpc) is 2.67. The fraction of sp³-hybridized carbons (Fsp3) is 0.391. The lowest BCUT2D eigenvalue weighted by molar-refractivity contribution is 0.109. The molecule has 2 aromatic rings. The molecule has 2 unspecified atom stereocenters. The number of halogens is 2. The third kappa shape index (κ3) is 5.65. The molecule has 0 spiro atoms. The minimum Gasteiger partial charge on any atom is -0.335 e. The SMILES string of the molecule is CC[C@H]1CCN1C(=O)NC(C)C(Cc1ccc(Cl)cc1)c1cccc(C#N)c1.Cl. The minimum atomic E-state index is -0.0739. The molecule has 1 heterocycles. The van der Waals surface area contributed by atoms with Crippen LogP contribution in [0.5, 0.6) is 0 Å². The highest BCUT2D eigenvalue weighted by Crippen LogP contribution is 2.27. The van der Waals surface area contributed by atoms with E-state index in [2.05, 4.69) is 18.3 Å². The van der Waals surface area contributed by atoms with Gasteiger partial charge in [0.1, 0.15) is 0 Å². The van der Waals surface area contributed by atoms with Gasteiger partial charge in [-0.15, -0.1) is 12.4 Å². The second-order valence-corrected chi connectivity index (χ2v) is 7.89. The molecule has 3 atom stereocenters. The van der Waals surface area contributed by atoms with Crippen molar-refractivity contribution in [3.8, 4) is 6.07 Å². The van der Waals surface area contributed by atoms with Crippen molar-refractivity contribution in [1.29, 1.82) is 5.26 Å². The summed E-state index contributed by atoms with van der Waals surface area (Å²) in [6.07, 6.45) is 2.82. The molecule has 0 aromatic heterocycles. The molecule has 2 aromatic carbocycles. The van der Waals surface area contributed by atoms with Gasteiger partial charge in [0.05, 0.1) is 11.6 Å². The summed E-state index contributed by atoms with van der Waals surface area (Å²) in [5, 5.41) is 13.2. The second-order valence-electron chi connectivity index (χ2n) is 7.46. The number of nitriles is 1. The highest BCUT2D eigenvalue weighted by atomic mass is 35.5. The number of hydrogen-bond donors (Lipinski definition) is 1. The van der Waals surface area contributed by atoms with Crippen molar-refractivity contribution >= 4 is 30.0 Å². The summed E-state index contributed by atoms with van der Waals surface area (Å²) < 4.78 is 0. The smallest absolute Gasteiger partial charge is 0.317 e. The molecule has 0 saturated carbocycles. The molecule has 0 radical (unpaired) electrons. The van der Waals surface area contributed by atoms with E-state index in [-0.39, 0.29) is 30.4 Å². The molecule has 1 saturated heterocycles. The van der Waals surface area contributed by atoms with Crippen LogP contribution < -0.4 is 5.32 Å². The van der Waals surface area contributed by atoms with Crippen LogP contribution in [0.2, 0.25) is 5.02 Å². The van der Waals surface area contributed by atoms with Gasteiger partial charge in [-0.3, -0.25) is 0 Å². The number of rotatable bonds is 6. The van der Waals surface area contributed by atoms with Gasteiger partial charge in [-0.05, 0) is 61.6 Å². The lowest BCUT2D eigenvalue weighted by atomic mass is 9.86. The topological polar surface area (TPSA) is 56.1 Å². The van der Waals surface area contributed by atoms with Crippen molar-refractivity contribution in [2.45, 2.75) is 51.1 Å². The van der Waals surface area contributed by atoms with Crippen LogP contribution in [0.1, 0.15) is 49.3 Å². The van der Waals surface area contributed by atoms with Gasteiger partial charge < -0.3 is 10.2 Å². The predicted molar refractivity (Wildman–Crippen MR) is 120 cm³/mol. The molecule has 6 heteroatoms. The highest BCUT2D eigenvalue weighted by molar-refractivity contribution is 6.30. The van der Waals surface area contributed by atoms with Crippen LogP contribution in [0.4, 0.5) is 4.79 Å². The maximum absolute atomic E-state index is 12.7. The first kappa shape index (κ1) is 23.1. The molecular weight excluding hydrogens is 405 g/mol. The number of carbonyl (C=O) groups excluding carboxylic acids is 1. The molecule has 1 N–H and O–H groups in total. The summed E-state index contributed by atoms with van der Waals surface area (Å²) in [7, 11) is 0. The van der Waals surface area contributed by atoms with Gasteiger partial charge in [-0.1, -0.05) is 42.8 Å². The van der Waals surface area contributed by atoms with Crippen LogP contribution in [0.15, 0.2) is 48.5 Å². The van der Waals surface area contributed by atoms with E-state index >= 15 is 0 Å². The molecule has 1 aliphatic heterocycles. The Balaban J connectivity index is 0.00000300. The summed E-state index contributed by atoms with van der Waals surface area (Å²) >= 11 is 6.02. The molecule has 1 fully saturated rings. The Morgan fingerprint density at radius 1 is 1.31 bits per heavy atom. The Bertz CT molecular complexity index is 861. The summed E-state index contributed by atoms with van der Waals surface area (Å²) in [6, 6.07) is 17.9. The maximum atomic E-state index is 12.7. The molecule has 0 aliphatic carbocycles. The normalized spacial score (nSPS) is 17.3. The van der Waals surface area contributed by atoms with Crippen molar-refractivity contribution in [2.75, 3.05) is 6.54 Å². The number of urea groups is 1. The van der Waals surface area contributed by atoms with Crippen LogP contribution in [0, 0.1) is 11.3 Å². The predicted octanol–water partition coefficient (Wildman–Crippen LogP) is 5.54. The fourth-order valence-corrected chi connectivity index (χ4v) is 3.93. The number of likely N-dealkylation sites (tertiary alicyclic amines) is 1. The van der Waals surface area contributed by atoms with Crippen molar-refractivity contribution < 1.29 is 4.79 Å². The highest BCUT2D eigenvalue weighted by Gasteiger charge is 2.32. The molecule has 2 amide bonds. The average molecular weight is 432 g/mol. The van der Waals surface area contributed by atoms with Gasteiger partial charge in [0.25, 0.3) is 0 Å². The summed E-state index contributed by atoms with van der Waals surface area (Å²) in [5.74, 6) is 0.0554. The van der Waals surface area contributed by atoms with Gasteiger partial charge >= 0.3 is 6.03 Å². The van der Waals surface area contributed by atoms with E-state index in [1.807, 2.05) is 54.3 Å². The fourth-order valence-electron chi connectivity index (χ4n) is 3.81. The Hall–Kier alpha value is -2.22. The van der Waals surface area contributed by atoms with E-state index < -0.39 is 0 Å². The van der Waals surface area contributed by atoms with E-state index in [0.717, 1.165) is 36.9 Å². The third-order valence-electron chi connectivity index (χ3n) is 5.64. The van der Waals surface area contributed by atoms with E-state index in [1.165, 1.54) is 0 Å². The largest absolute Gasteiger partial charge is 0.335 e. The summed E-state index contributed by atoms with van der Waals surface area (Å²) in [4.78, 5) is 14.6. The Morgan fingerprint density at radius 2 is 2.03 bits per heavy atom. The molecule has 29 heavy (non-hydrogen) atoms. The van der Waals surface area contributed by atoms with Crippen molar-refractivity contribution in [2.24, 2.45) is 0 Å². The van der Waals surface area contributed by atoms with Crippen LogP contribution in [0.3, 0.4) is 0 Å². The van der Waals surface area contributed by atoms with Crippen LogP contribution in [0.25, 0.3) is 0 Å². The summed E-state index contributed by atoms with van der Waals surface area (Å²) in [5.41, 5.74) is 2.83. The Labute approximate surface area is 184 Å². The first-order valence-electron chi connectivity index (χ1n) is 9.83. The van der Waals surface area contributed by atoms with Crippen LogP contribution >= 0.6 is 24.0 Å². The minimum absolute atomic E-state index is 0. The molecule has 0 bridgehead atoms. The molecule has 4 nitrogen and oxygen atoms in total. The standard InChI is InChI=1S/C23H26ClN3O.ClH/c1-3-21-11-12-27(21)23(28)26-16(2)22(14-17-7-9-20(24)10-8-17)19-6-4-5-18(13-19)15-25;/h4-10,13,16,21-22H,3,11-12,14H2,1-2H3,(H,26,28);1H/t16?,21-,22?;/m0./s1. The zero-order chi connectivity index (χ0) is 20.1. The zero-order valence-electron chi connectivity index (χ0n) is 16.8. The maximum Gasteiger partial charge on any atom is 0.317 e. The van der Waals surface area contributed by atoms with Crippen LogP contribution in [-0.4, -0.2) is 29.6 Å². The van der Waals surface area contributed by atoms with Crippen molar-refractivity contribution in [1.82, 2.24) is 10.2 Å². The third-order valence-corrected chi connectivity index (χ3v) is 5.90. The van der Waals surface area contributed by atoms with E-state index in [0.29, 0.717) is 16.6 Å². The monoisotopic (exact) mass is 431 g/mol. The zero-order valence-corrected chi connectivity index (χ0v) is 18.3. The quantitative estimate of drug-likeness (QED) is 0.652. The number of nitrogens with zero attached hydrogens (tertiary/aromatic N) is 2.